The minimum absolute atomic E-state index is 0.691. The highest BCUT2D eigenvalue weighted by atomic mass is 15.1. The predicted molar refractivity (Wildman–Crippen MR) is 78.1 cm³/mol. The molecule has 1 aromatic carbocycles. The maximum Gasteiger partial charge on any atom is 0.0361 e. The maximum atomic E-state index is 3.55. The quantitative estimate of drug-likeness (QED) is 0.858. The second kappa shape index (κ2) is 6.21. The minimum Gasteiger partial charge on any atom is -0.378 e. The first-order chi connectivity index (χ1) is 8.65. The van der Waals surface area contributed by atoms with E-state index in [1.165, 1.54) is 30.6 Å². The highest BCUT2D eigenvalue weighted by molar-refractivity contribution is 5.45. The fourth-order valence-corrected chi connectivity index (χ4v) is 2.56. The summed E-state index contributed by atoms with van der Waals surface area (Å²) < 4.78 is 0. The summed E-state index contributed by atoms with van der Waals surface area (Å²) in [4.78, 5) is 4.55. The molecule has 1 atom stereocenters. The van der Waals surface area contributed by atoms with Crippen molar-refractivity contribution in [2.45, 2.75) is 25.4 Å². The summed E-state index contributed by atoms with van der Waals surface area (Å²) in [7, 11) is 6.36. The van der Waals surface area contributed by atoms with Crippen molar-refractivity contribution in [2.75, 3.05) is 39.1 Å². The number of anilines is 1. The second-order valence-electron chi connectivity index (χ2n) is 5.55. The van der Waals surface area contributed by atoms with Gasteiger partial charge < -0.3 is 15.1 Å². The molecule has 1 saturated heterocycles. The monoisotopic (exact) mass is 247 g/mol. The lowest BCUT2D eigenvalue weighted by molar-refractivity contribution is 0.293. The van der Waals surface area contributed by atoms with Gasteiger partial charge in [0.1, 0.15) is 0 Å². The number of hydrogen-bond donors (Lipinski definition) is 1. The van der Waals surface area contributed by atoms with Crippen molar-refractivity contribution in [2.24, 2.45) is 0 Å². The first-order valence-electron chi connectivity index (χ1n) is 6.83. The largest absolute Gasteiger partial charge is 0.378 e. The third kappa shape index (κ3) is 3.72. The molecule has 0 radical (unpaired) electrons. The summed E-state index contributed by atoms with van der Waals surface area (Å²) in [6, 6.07) is 9.53. The number of hydrogen-bond acceptors (Lipinski definition) is 3. The third-order valence-corrected chi connectivity index (χ3v) is 3.60. The molecular formula is C15H25N3. The molecule has 1 N–H and O–H groups in total. The van der Waals surface area contributed by atoms with Gasteiger partial charge in [0.2, 0.25) is 0 Å². The molecule has 100 valence electrons. The molecule has 1 aliphatic rings. The zero-order valence-corrected chi connectivity index (χ0v) is 11.8. The zero-order valence-electron chi connectivity index (χ0n) is 11.8. The Bertz CT molecular complexity index is 353. The van der Waals surface area contributed by atoms with E-state index in [-0.39, 0.29) is 0 Å². The van der Waals surface area contributed by atoms with Crippen LogP contribution in [0.2, 0.25) is 0 Å². The van der Waals surface area contributed by atoms with Crippen LogP contribution in [0.15, 0.2) is 24.3 Å². The highest BCUT2D eigenvalue weighted by Crippen LogP contribution is 2.14. The van der Waals surface area contributed by atoms with E-state index in [9.17, 15) is 0 Å². The summed E-state index contributed by atoms with van der Waals surface area (Å²) in [5.74, 6) is 0. The van der Waals surface area contributed by atoms with E-state index < -0.39 is 0 Å². The normalized spacial score (nSPS) is 19.4. The Balaban J connectivity index is 1.84. The van der Waals surface area contributed by atoms with Crippen molar-refractivity contribution in [3.05, 3.63) is 29.8 Å². The lowest BCUT2D eigenvalue weighted by atomic mass is 10.1. The van der Waals surface area contributed by atoms with Gasteiger partial charge in [0.05, 0.1) is 0 Å². The molecule has 2 rings (SSSR count). The number of rotatable bonds is 5. The first-order valence-corrected chi connectivity index (χ1v) is 6.83. The summed E-state index contributed by atoms with van der Waals surface area (Å²) in [5.41, 5.74) is 2.65. The van der Waals surface area contributed by atoms with E-state index in [1.807, 2.05) is 0 Å². The van der Waals surface area contributed by atoms with Crippen molar-refractivity contribution in [3.8, 4) is 0 Å². The van der Waals surface area contributed by atoms with Crippen LogP contribution < -0.4 is 10.2 Å². The fraction of sp³-hybridized carbons (Fsp3) is 0.600. The highest BCUT2D eigenvalue weighted by Gasteiger charge is 2.15. The van der Waals surface area contributed by atoms with Gasteiger partial charge in [-0.1, -0.05) is 12.1 Å². The van der Waals surface area contributed by atoms with Gasteiger partial charge in [-0.2, -0.15) is 0 Å². The van der Waals surface area contributed by atoms with Gasteiger partial charge >= 0.3 is 0 Å². The average molecular weight is 247 g/mol. The van der Waals surface area contributed by atoms with E-state index in [2.05, 4.69) is 60.5 Å². The fourth-order valence-electron chi connectivity index (χ4n) is 2.56. The molecule has 1 fully saturated rings. The van der Waals surface area contributed by atoms with Gasteiger partial charge in [0.15, 0.2) is 0 Å². The van der Waals surface area contributed by atoms with E-state index in [0.717, 1.165) is 13.1 Å². The van der Waals surface area contributed by atoms with Crippen molar-refractivity contribution >= 4 is 5.69 Å². The van der Waals surface area contributed by atoms with E-state index in [1.54, 1.807) is 0 Å². The molecule has 1 aliphatic heterocycles. The average Bonchev–Trinajstić information content (AvgIpc) is 2.82. The van der Waals surface area contributed by atoms with Gasteiger partial charge in [0.25, 0.3) is 0 Å². The Morgan fingerprint density at radius 2 is 1.89 bits per heavy atom. The van der Waals surface area contributed by atoms with Crippen LogP contribution in [0.1, 0.15) is 18.4 Å². The lowest BCUT2D eigenvalue weighted by Crippen LogP contribution is -2.34. The van der Waals surface area contributed by atoms with Gasteiger partial charge in [0, 0.05) is 38.9 Å². The third-order valence-electron chi connectivity index (χ3n) is 3.60. The molecule has 0 spiro atoms. The number of nitrogens with one attached hydrogen (secondary N) is 1. The smallest absolute Gasteiger partial charge is 0.0361 e. The predicted octanol–water partition coefficient (Wildman–Crippen LogP) is 1.94. The van der Waals surface area contributed by atoms with Gasteiger partial charge in [-0.05, 0) is 44.1 Å². The molecule has 0 aromatic heterocycles. The summed E-state index contributed by atoms with van der Waals surface area (Å²) in [5, 5.41) is 3.55. The minimum atomic E-state index is 0.691. The van der Waals surface area contributed by atoms with Crippen LogP contribution in [0.4, 0.5) is 5.69 Å². The van der Waals surface area contributed by atoms with Crippen molar-refractivity contribution in [1.29, 1.82) is 0 Å². The zero-order chi connectivity index (χ0) is 13.0. The number of benzene rings is 1. The first kappa shape index (κ1) is 13.4. The SMILES string of the molecule is CN(Cc1ccc(N(C)C)cc1)CC1CCCN1. The standard InChI is InChI=1S/C15H25N3/c1-17(2)15-8-6-13(7-9-15)11-18(3)12-14-5-4-10-16-14/h6-9,14,16H,4-5,10-12H2,1-3H3. The summed E-state index contributed by atoms with van der Waals surface area (Å²) in [6.07, 6.45) is 2.65. The van der Waals surface area contributed by atoms with Crippen molar-refractivity contribution in [3.63, 3.8) is 0 Å². The van der Waals surface area contributed by atoms with Gasteiger partial charge in [-0.15, -0.1) is 0 Å². The number of nitrogens with zero attached hydrogens (tertiary/aromatic N) is 2. The second-order valence-corrected chi connectivity index (χ2v) is 5.55. The van der Waals surface area contributed by atoms with Crippen molar-refractivity contribution < 1.29 is 0 Å². The summed E-state index contributed by atoms with van der Waals surface area (Å²) in [6.45, 7) is 3.37. The van der Waals surface area contributed by atoms with E-state index in [0.29, 0.717) is 6.04 Å². The van der Waals surface area contributed by atoms with E-state index in [4.69, 9.17) is 0 Å². The Morgan fingerprint density at radius 3 is 2.44 bits per heavy atom. The van der Waals surface area contributed by atoms with Crippen LogP contribution in [-0.4, -0.2) is 45.2 Å². The molecule has 1 aromatic rings. The molecule has 18 heavy (non-hydrogen) atoms. The maximum absolute atomic E-state index is 3.55. The summed E-state index contributed by atoms with van der Waals surface area (Å²) >= 11 is 0. The Kier molecular flexibility index (Phi) is 4.61. The Hall–Kier alpha value is -1.06. The molecule has 1 unspecified atom stereocenters. The molecule has 0 bridgehead atoms. The van der Waals surface area contributed by atoms with E-state index >= 15 is 0 Å². The molecule has 0 aliphatic carbocycles. The molecule has 0 amide bonds. The molecule has 0 saturated carbocycles. The topological polar surface area (TPSA) is 18.5 Å². The molecule has 1 heterocycles. The van der Waals surface area contributed by atoms with Crippen LogP contribution >= 0.6 is 0 Å². The van der Waals surface area contributed by atoms with Gasteiger partial charge in [-0.3, -0.25) is 0 Å². The van der Waals surface area contributed by atoms with Crippen LogP contribution in [0.25, 0.3) is 0 Å². The van der Waals surface area contributed by atoms with Crippen LogP contribution in [0.5, 0.6) is 0 Å². The van der Waals surface area contributed by atoms with Crippen LogP contribution in [0, 0.1) is 0 Å². The Labute approximate surface area is 111 Å². The molecule has 3 heteroatoms. The van der Waals surface area contributed by atoms with Gasteiger partial charge in [-0.25, -0.2) is 0 Å². The molecular weight excluding hydrogens is 222 g/mol. The lowest BCUT2D eigenvalue weighted by Gasteiger charge is -2.21. The van der Waals surface area contributed by atoms with Crippen LogP contribution in [-0.2, 0) is 6.54 Å². The molecule has 3 nitrogen and oxygen atoms in total. The Morgan fingerprint density at radius 1 is 1.17 bits per heavy atom. The van der Waals surface area contributed by atoms with Crippen molar-refractivity contribution in [1.82, 2.24) is 10.2 Å². The number of likely N-dealkylation sites (N-methyl/N-ethyl adjacent to an activating group) is 1. The van der Waals surface area contributed by atoms with Crippen LogP contribution in [0.3, 0.4) is 0 Å².